The van der Waals surface area contributed by atoms with Crippen LogP contribution in [0.5, 0.6) is 11.5 Å². The maximum Gasteiger partial charge on any atom is 0.163 e. The summed E-state index contributed by atoms with van der Waals surface area (Å²) in [7, 11) is 0. The van der Waals surface area contributed by atoms with Crippen molar-refractivity contribution in [2.24, 2.45) is 0 Å². The van der Waals surface area contributed by atoms with E-state index in [0.717, 1.165) is 29.4 Å². The Morgan fingerprint density at radius 1 is 1.10 bits per heavy atom. The van der Waals surface area contributed by atoms with Crippen LogP contribution in [0.1, 0.15) is 25.7 Å². The Kier molecular flexibility index (Phi) is 6.18. The summed E-state index contributed by atoms with van der Waals surface area (Å²) >= 11 is 1.92. The van der Waals surface area contributed by atoms with E-state index in [2.05, 4.69) is 11.6 Å². The monoisotopic (exact) mass is 296 g/mol. The standard InChI is InChI=1S/C15H24N2O2S/c1-20-9-5-3-2-4-6-17-13-11-15-14(10-12(13)16)18-7-8-19-15/h10-11,17H,2-9,16H2,1H3. The predicted molar refractivity (Wildman–Crippen MR) is 87.2 cm³/mol. The number of hydrogen-bond donors (Lipinski definition) is 2. The summed E-state index contributed by atoms with van der Waals surface area (Å²) in [6.45, 7) is 2.14. The molecule has 1 aromatic rings. The van der Waals surface area contributed by atoms with Crippen molar-refractivity contribution in [3.8, 4) is 11.5 Å². The second-order valence-electron chi connectivity index (χ2n) is 4.92. The van der Waals surface area contributed by atoms with Gasteiger partial charge in [-0.15, -0.1) is 0 Å². The molecule has 1 aromatic carbocycles. The van der Waals surface area contributed by atoms with Gasteiger partial charge in [0.25, 0.3) is 0 Å². The lowest BCUT2D eigenvalue weighted by molar-refractivity contribution is 0.172. The van der Waals surface area contributed by atoms with E-state index < -0.39 is 0 Å². The van der Waals surface area contributed by atoms with Crippen LogP contribution in [0.25, 0.3) is 0 Å². The minimum Gasteiger partial charge on any atom is -0.486 e. The number of unbranched alkanes of at least 4 members (excludes halogenated alkanes) is 3. The normalized spacial score (nSPS) is 13.2. The lowest BCUT2D eigenvalue weighted by Gasteiger charge is -2.20. The van der Waals surface area contributed by atoms with Crippen molar-refractivity contribution < 1.29 is 9.47 Å². The molecule has 0 unspecified atom stereocenters. The molecule has 1 aliphatic rings. The average molecular weight is 296 g/mol. The summed E-state index contributed by atoms with van der Waals surface area (Å²) in [5.41, 5.74) is 7.69. The molecule has 112 valence electrons. The van der Waals surface area contributed by atoms with Crippen LogP contribution < -0.4 is 20.5 Å². The van der Waals surface area contributed by atoms with Gasteiger partial charge < -0.3 is 20.5 Å². The van der Waals surface area contributed by atoms with Gasteiger partial charge in [-0.1, -0.05) is 12.8 Å². The van der Waals surface area contributed by atoms with Crippen molar-refractivity contribution in [2.45, 2.75) is 25.7 Å². The second kappa shape index (κ2) is 8.15. The van der Waals surface area contributed by atoms with Crippen molar-refractivity contribution in [3.05, 3.63) is 12.1 Å². The summed E-state index contributed by atoms with van der Waals surface area (Å²) < 4.78 is 11.1. The molecule has 1 aliphatic heterocycles. The van der Waals surface area contributed by atoms with Gasteiger partial charge in [-0.05, 0) is 24.9 Å². The van der Waals surface area contributed by atoms with E-state index in [1.807, 2.05) is 23.9 Å². The van der Waals surface area contributed by atoms with Gasteiger partial charge >= 0.3 is 0 Å². The van der Waals surface area contributed by atoms with Crippen LogP contribution in [0.15, 0.2) is 12.1 Å². The summed E-state index contributed by atoms with van der Waals surface area (Å²) in [6.07, 6.45) is 7.21. The van der Waals surface area contributed by atoms with Crippen molar-refractivity contribution in [3.63, 3.8) is 0 Å². The summed E-state index contributed by atoms with van der Waals surface area (Å²) in [4.78, 5) is 0. The van der Waals surface area contributed by atoms with E-state index in [9.17, 15) is 0 Å². The van der Waals surface area contributed by atoms with Gasteiger partial charge in [-0.25, -0.2) is 0 Å². The van der Waals surface area contributed by atoms with Gasteiger partial charge in [0.2, 0.25) is 0 Å². The summed E-state index contributed by atoms with van der Waals surface area (Å²) in [6, 6.07) is 3.78. The van der Waals surface area contributed by atoms with Crippen LogP contribution in [0.4, 0.5) is 11.4 Å². The molecule has 4 nitrogen and oxygen atoms in total. The lowest BCUT2D eigenvalue weighted by atomic mass is 10.2. The number of nitrogen functional groups attached to an aromatic ring is 1. The van der Waals surface area contributed by atoms with E-state index in [0.29, 0.717) is 13.2 Å². The van der Waals surface area contributed by atoms with Crippen LogP contribution in [0.2, 0.25) is 0 Å². The van der Waals surface area contributed by atoms with Gasteiger partial charge in [0.15, 0.2) is 11.5 Å². The first-order chi connectivity index (χ1) is 9.81. The number of ether oxygens (including phenoxy) is 2. The van der Waals surface area contributed by atoms with Crippen molar-refractivity contribution in [1.82, 2.24) is 0 Å². The van der Waals surface area contributed by atoms with E-state index >= 15 is 0 Å². The van der Waals surface area contributed by atoms with Crippen LogP contribution in [0, 0.1) is 0 Å². The number of nitrogens with one attached hydrogen (secondary N) is 1. The molecular formula is C15H24N2O2S. The van der Waals surface area contributed by atoms with Crippen molar-refractivity contribution >= 4 is 23.1 Å². The van der Waals surface area contributed by atoms with E-state index in [4.69, 9.17) is 15.2 Å². The molecule has 0 bridgehead atoms. The number of thioether (sulfide) groups is 1. The molecule has 2 rings (SSSR count). The highest BCUT2D eigenvalue weighted by Gasteiger charge is 2.14. The minimum absolute atomic E-state index is 0.593. The number of nitrogens with two attached hydrogens (primary N) is 1. The largest absolute Gasteiger partial charge is 0.486 e. The van der Waals surface area contributed by atoms with Crippen molar-refractivity contribution in [2.75, 3.05) is 42.8 Å². The second-order valence-corrected chi connectivity index (χ2v) is 5.90. The third-order valence-corrected chi connectivity index (χ3v) is 4.00. The highest BCUT2D eigenvalue weighted by atomic mass is 32.2. The van der Waals surface area contributed by atoms with E-state index in [1.54, 1.807) is 0 Å². The Bertz CT molecular complexity index is 427. The fourth-order valence-corrected chi connectivity index (χ4v) is 2.70. The third-order valence-electron chi connectivity index (χ3n) is 3.31. The zero-order valence-electron chi connectivity index (χ0n) is 12.1. The third kappa shape index (κ3) is 4.40. The zero-order chi connectivity index (χ0) is 14.2. The molecule has 1 heterocycles. The Morgan fingerprint density at radius 3 is 2.55 bits per heavy atom. The van der Waals surface area contributed by atoms with Crippen LogP contribution in [-0.2, 0) is 0 Å². The fraction of sp³-hybridized carbons (Fsp3) is 0.600. The first kappa shape index (κ1) is 15.2. The van der Waals surface area contributed by atoms with Gasteiger partial charge in [-0.3, -0.25) is 0 Å². The average Bonchev–Trinajstić information content (AvgIpc) is 2.46. The predicted octanol–water partition coefficient (Wildman–Crippen LogP) is 3.38. The molecular weight excluding hydrogens is 272 g/mol. The molecule has 0 atom stereocenters. The molecule has 20 heavy (non-hydrogen) atoms. The highest BCUT2D eigenvalue weighted by molar-refractivity contribution is 7.98. The summed E-state index contributed by atoms with van der Waals surface area (Å²) in [5, 5.41) is 3.39. The Labute approximate surface area is 125 Å². The SMILES string of the molecule is CSCCCCCCNc1cc2c(cc1N)OCCO2. The Hall–Kier alpha value is -1.23. The van der Waals surface area contributed by atoms with Crippen molar-refractivity contribution in [1.29, 1.82) is 0 Å². The molecule has 0 spiro atoms. The number of rotatable bonds is 8. The molecule has 3 N–H and O–H groups in total. The zero-order valence-corrected chi connectivity index (χ0v) is 12.9. The first-order valence-corrected chi connectivity index (χ1v) is 8.62. The molecule has 0 saturated carbocycles. The van der Waals surface area contributed by atoms with E-state index in [-0.39, 0.29) is 0 Å². The highest BCUT2D eigenvalue weighted by Crippen LogP contribution is 2.36. The van der Waals surface area contributed by atoms with Gasteiger partial charge in [0, 0.05) is 18.7 Å². The first-order valence-electron chi connectivity index (χ1n) is 7.23. The molecule has 0 fully saturated rings. The van der Waals surface area contributed by atoms with Gasteiger partial charge in [-0.2, -0.15) is 11.8 Å². The minimum atomic E-state index is 0.593. The van der Waals surface area contributed by atoms with Crippen LogP contribution >= 0.6 is 11.8 Å². The molecule has 0 aromatic heterocycles. The van der Waals surface area contributed by atoms with Crippen LogP contribution in [0.3, 0.4) is 0 Å². The number of hydrogen-bond acceptors (Lipinski definition) is 5. The quantitative estimate of drug-likeness (QED) is 0.569. The maximum absolute atomic E-state index is 6.02. The van der Waals surface area contributed by atoms with E-state index in [1.165, 1.54) is 31.4 Å². The lowest BCUT2D eigenvalue weighted by Crippen LogP contribution is -2.16. The molecule has 0 aliphatic carbocycles. The van der Waals surface area contributed by atoms with Crippen LogP contribution in [-0.4, -0.2) is 31.8 Å². The fourth-order valence-electron chi connectivity index (χ4n) is 2.21. The molecule has 0 amide bonds. The Balaban J connectivity index is 1.75. The molecule has 0 radical (unpaired) electrons. The smallest absolute Gasteiger partial charge is 0.163 e. The number of anilines is 2. The summed E-state index contributed by atoms with van der Waals surface area (Å²) in [5.74, 6) is 2.80. The number of fused-ring (bicyclic) bond motifs is 1. The number of benzene rings is 1. The molecule has 0 saturated heterocycles. The van der Waals surface area contributed by atoms with Gasteiger partial charge in [0.1, 0.15) is 13.2 Å². The Morgan fingerprint density at radius 2 is 1.80 bits per heavy atom. The topological polar surface area (TPSA) is 56.5 Å². The maximum atomic E-state index is 6.02. The molecule has 5 heteroatoms. The van der Waals surface area contributed by atoms with Gasteiger partial charge in [0.05, 0.1) is 11.4 Å².